The molecule has 0 aromatic heterocycles. The molecule has 9 heteroatoms. The molecule has 3 aliphatic heterocycles. The molecule has 1 N–H and O–H groups in total. The highest BCUT2D eigenvalue weighted by Crippen LogP contribution is 2.52. The van der Waals surface area contributed by atoms with Crippen molar-refractivity contribution in [2.75, 3.05) is 6.54 Å². The van der Waals surface area contributed by atoms with E-state index in [1.165, 1.54) is 17.0 Å². The number of alkyl halides is 3. The van der Waals surface area contributed by atoms with Crippen LogP contribution in [-0.4, -0.2) is 39.6 Å². The Morgan fingerprint density at radius 3 is 2.08 bits per heavy atom. The topological polar surface area (TPSA) is 69.7 Å². The molecule has 4 atom stereocenters. The molecular formula is C31H28F3N3O3. The van der Waals surface area contributed by atoms with Gasteiger partial charge in [-0.05, 0) is 41.7 Å². The number of likely N-dealkylation sites (tertiary alicyclic amines) is 2. The first kappa shape index (κ1) is 26.3. The van der Waals surface area contributed by atoms with Crippen LogP contribution in [0.15, 0.2) is 84.9 Å². The lowest BCUT2D eigenvalue weighted by Crippen LogP contribution is -2.63. The van der Waals surface area contributed by atoms with Crippen molar-refractivity contribution < 1.29 is 27.6 Å². The van der Waals surface area contributed by atoms with Gasteiger partial charge in [-0.2, -0.15) is 13.2 Å². The van der Waals surface area contributed by atoms with Gasteiger partial charge in [-0.25, -0.2) is 0 Å². The van der Waals surface area contributed by atoms with Gasteiger partial charge in [-0.1, -0.05) is 72.8 Å². The molecule has 1 spiro atoms. The number of benzene rings is 3. The molecule has 3 amide bonds. The highest BCUT2D eigenvalue weighted by atomic mass is 19.4. The summed E-state index contributed by atoms with van der Waals surface area (Å²) in [4.78, 5) is 44.9. The largest absolute Gasteiger partial charge is 0.416 e. The number of imide groups is 1. The monoisotopic (exact) mass is 547 g/mol. The van der Waals surface area contributed by atoms with Crippen molar-refractivity contribution in [2.24, 2.45) is 11.8 Å². The Hall–Kier alpha value is -3.98. The van der Waals surface area contributed by atoms with Crippen LogP contribution in [0.1, 0.15) is 41.1 Å². The molecule has 3 saturated heterocycles. The van der Waals surface area contributed by atoms with Crippen molar-refractivity contribution in [2.45, 2.75) is 43.7 Å². The zero-order valence-corrected chi connectivity index (χ0v) is 21.6. The number of nitrogens with zero attached hydrogens (tertiary/aromatic N) is 2. The van der Waals surface area contributed by atoms with Crippen LogP contribution in [0.25, 0.3) is 0 Å². The van der Waals surface area contributed by atoms with Crippen LogP contribution < -0.4 is 5.32 Å². The lowest BCUT2D eigenvalue weighted by molar-refractivity contribution is -0.150. The molecule has 3 heterocycles. The predicted octanol–water partition coefficient (Wildman–Crippen LogP) is 4.71. The highest BCUT2D eigenvalue weighted by molar-refractivity contribution is 6.10. The lowest BCUT2D eigenvalue weighted by Gasteiger charge is -2.42. The average Bonchev–Trinajstić information content (AvgIpc) is 3.42. The third-order valence-electron chi connectivity index (χ3n) is 8.41. The number of hydrogen-bond donors (Lipinski definition) is 1. The average molecular weight is 548 g/mol. The molecule has 0 aliphatic carbocycles. The third kappa shape index (κ3) is 4.38. The maximum Gasteiger partial charge on any atom is 0.416 e. The molecule has 0 unspecified atom stereocenters. The number of nitrogens with one attached hydrogen (secondary N) is 1. The van der Waals surface area contributed by atoms with Crippen LogP contribution in [-0.2, 0) is 33.6 Å². The zero-order chi connectivity index (χ0) is 28.1. The van der Waals surface area contributed by atoms with Crippen LogP contribution in [0, 0.1) is 11.8 Å². The van der Waals surface area contributed by atoms with Crippen LogP contribution in [0.4, 0.5) is 13.2 Å². The van der Waals surface area contributed by atoms with Gasteiger partial charge in [0.1, 0.15) is 5.54 Å². The maximum absolute atomic E-state index is 14.2. The van der Waals surface area contributed by atoms with Gasteiger partial charge in [0.2, 0.25) is 17.7 Å². The molecule has 3 aromatic rings. The summed E-state index contributed by atoms with van der Waals surface area (Å²) in [5.74, 6) is -2.58. The van der Waals surface area contributed by atoms with Gasteiger partial charge >= 0.3 is 6.18 Å². The third-order valence-corrected chi connectivity index (χ3v) is 8.41. The number of halogens is 3. The van der Waals surface area contributed by atoms with E-state index in [2.05, 4.69) is 5.32 Å². The summed E-state index contributed by atoms with van der Waals surface area (Å²) >= 11 is 0. The fourth-order valence-electron chi connectivity index (χ4n) is 6.57. The number of carbonyl (C=O) groups is 3. The summed E-state index contributed by atoms with van der Waals surface area (Å²) in [6.45, 7) is 0.656. The van der Waals surface area contributed by atoms with E-state index in [1.54, 1.807) is 4.90 Å². The first-order valence-electron chi connectivity index (χ1n) is 13.4. The van der Waals surface area contributed by atoms with Gasteiger partial charge in [-0.15, -0.1) is 0 Å². The fourth-order valence-corrected chi connectivity index (χ4v) is 6.57. The second-order valence-electron chi connectivity index (χ2n) is 10.8. The summed E-state index contributed by atoms with van der Waals surface area (Å²) in [5, 5.41) is 3.46. The number of rotatable bonds is 5. The second-order valence-corrected chi connectivity index (χ2v) is 10.8. The van der Waals surface area contributed by atoms with E-state index in [-0.39, 0.29) is 30.8 Å². The minimum Gasteiger partial charge on any atom is -0.337 e. The van der Waals surface area contributed by atoms with Crippen LogP contribution >= 0.6 is 0 Å². The number of amides is 3. The Bertz CT molecular complexity index is 1430. The molecule has 40 heavy (non-hydrogen) atoms. The van der Waals surface area contributed by atoms with Crippen molar-refractivity contribution >= 4 is 17.7 Å². The van der Waals surface area contributed by atoms with E-state index in [0.29, 0.717) is 24.9 Å². The summed E-state index contributed by atoms with van der Waals surface area (Å²) < 4.78 is 39.1. The molecule has 6 nitrogen and oxygen atoms in total. The van der Waals surface area contributed by atoms with Crippen molar-refractivity contribution in [1.29, 1.82) is 0 Å². The van der Waals surface area contributed by atoms with Crippen LogP contribution in [0.5, 0.6) is 0 Å². The quantitative estimate of drug-likeness (QED) is 0.470. The Kier molecular flexibility index (Phi) is 6.49. The van der Waals surface area contributed by atoms with E-state index in [0.717, 1.165) is 23.3 Å². The Balaban J connectivity index is 1.33. The standard InChI is InChI=1S/C31H28F3N3O3/c32-31(33,34)23-14-12-21(13-15-23)18-36-17-7-16-30(29(36)40)25-24(26(35-30)22-10-5-2-6-11-22)27(38)37(28(25)39)19-20-8-3-1-4-9-20/h1-6,8-15,24-26,35H,7,16-19H2/t24-,25-,26-,30-/m1/s1. The molecule has 206 valence electrons. The Labute approximate surface area is 229 Å². The normalized spacial score (nSPS) is 26.6. The van der Waals surface area contributed by atoms with E-state index in [1.807, 2.05) is 60.7 Å². The van der Waals surface area contributed by atoms with Gasteiger partial charge in [0, 0.05) is 19.1 Å². The smallest absolute Gasteiger partial charge is 0.337 e. The predicted molar refractivity (Wildman–Crippen MR) is 140 cm³/mol. The molecule has 6 rings (SSSR count). The van der Waals surface area contributed by atoms with Gasteiger partial charge < -0.3 is 4.90 Å². The first-order valence-corrected chi connectivity index (χ1v) is 13.4. The molecule has 3 fully saturated rings. The number of piperidine rings is 1. The van der Waals surface area contributed by atoms with Crippen molar-refractivity contribution in [3.8, 4) is 0 Å². The molecule has 0 saturated carbocycles. The molecular weight excluding hydrogens is 519 g/mol. The van der Waals surface area contributed by atoms with E-state index in [9.17, 15) is 27.6 Å². The van der Waals surface area contributed by atoms with Crippen LogP contribution in [0.2, 0.25) is 0 Å². The van der Waals surface area contributed by atoms with Gasteiger partial charge in [0.25, 0.3) is 0 Å². The number of hydrogen-bond acceptors (Lipinski definition) is 4. The first-order chi connectivity index (χ1) is 19.2. The molecule has 0 radical (unpaired) electrons. The highest BCUT2D eigenvalue weighted by Gasteiger charge is 2.68. The second kappa shape index (κ2) is 9.89. The summed E-state index contributed by atoms with van der Waals surface area (Å²) in [6.07, 6.45) is -3.47. The summed E-state index contributed by atoms with van der Waals surface area (Å²) in [7, 11) is 0. The Morgan fingerprint density at radius 1 is 0.800 bits per heavy atom. The molecule has 3 aliphatic rings. The number of carbonyl (C=O) groups excluding carboxylic acids is 3. The van der Waals surface area contributed by atoms with Gasteiger partial charge in [0.15, 0.2) is 0 Å². The SMILES string of the molecule is O=C1[C@H]2[C@@H](c3ccccc3)N[C@]3(CCCN(Cc4ccc(C(F)(F)F)cc4)C3=O)[C@H]2C(=O)N1Cc1ccccc1. The van der Waals surface area contributed by atoms with E-state index < -0.39 is 35.2 Å². The molecule has 0 bridgehead atoms. The van der Waals surface area contributed by atoms with Crippen LogP contribution in [0.3, 0.4) is 0 Å². The van der Waals surface area contributed by atoms with Crippen molar-refractivity contribution in [1.82, 2.24) is 15.1 Å². The summed E-state index contributed by atoms with van der Waals surface area (Å²) in [6, 6.07) is 22.9. The minimum absolute atomic E-state index is 0.115. The van der Waals surface area contributed by atoms with E-state index >= 15 is 0 Å². The van der Waals surface area contributed by atoms with Gasteiger partial charge in [0.05, 0.1) is 23.9 Å². The fraction of sp³-hybridized carbons (Fsp3) is 0.323. The summed E-state index contributed by atoms with van der Waals surface area (Å²) in [5.41, 5.74) is 0.170. The van der Waals surface area contributed by atoms with E-state index in [4.69, 9.17) is 0 Å². The maximum atomic E-state index is 14.2. The minimum atomic E-state index is -4.44. The zero-order valence-electron chi connectivity index (χ0n) is 21.6. The van der Waals surface area contributed by atoms with Crippen molar-refractivity contribution in [3.05, 3.63) is 107 Å². The van der Waals surface area contributed by atoms with Crippen molar-refractivity contribution in [3.63, 3.8) is 0 Å². The molecule has 3 aromatic carbocycles. The Morgan fingerprint density at radius 2 is 1.43 bits per heavy atom. The lowest BCUT2D eigenvalue weighted by atomic mass is 9.74. The number of fused-ring (bicyclic) bond motifs is 2. The van der Waals surface area contributed by atoms with Gasteiger partial charge in [-0.3, -0.25) is 24.6 Å².